The third-order valence-corrected chi connectivity index (χ3v) is 7.13. The SMILES string of the molecule is CC(C)CN1CCN(S(=O)(=O)C2CCC(C(F)(F)F)CC2)CC1=O. The zero-order valence-electron chi connectivity index (χ0n) is 14.1. The van der Waals surface area contributed by atoms with Gasteiger partial charge in [0.25, 0.3) is 0 Å². The molecule has 0 atom stereocenters. The second kappa shape index (κ2) is 7.19. The normalized spacial score (nSPS) is 27.8. The summed E-state index contributed by atoms with van der Waals surface area (Å²) in [4.78, 5) is 13.8. The molecule has 0 N–H and O–H groups in total. The van der Waals surface area contributed by atoms with E-state index in [1.54, 1.807) is 4.90 Å². The first kappa shape index (κ1) is 19.5. The van der Waals surface area contributed by atoms with Gasteiger partial charge in [-0.3, -0.25) is 4.79 Å². The van der Waals surface area contributed by atoms with E-state index in [1.807, 2.05) is 13.8 Å². The smallest absolute Gasteiger partial charge is 0.340 e. The Morgan fingerprint density at radius 2 is 1.71 bits per heavy atom. The molecular weight excluding hydrogens is 345 g/mol. The Labute approximate surface area is 141 Å². The Balaban J connectivity index is 1.96. The average Bonchev–Trinajstić information content (AvgIpc) is 2.48. The fourth-order valence-corrected chi connectivity index (χ4v) is 5.35. The van der Waals surface area contributed by atoms with Crippen molar-refractivity contribution in [1.82, 2.24) is 9.21 Å². The van der Waals surface area contributed by atoms with Gasteiger partial charge in [0.1, 0.15) is 0 Å². The van der Waals surface area contributed by atoms with Crippen LogP contribution in [0.3, 0.4) is 0 Å². The molecule has 0 radical (unpaired) electrons. The molecule has 24 heavy (non-hydrogen) atoms. The van der Waals surface area contributed by atoms with E-state index in [0.29, 0.717) is 19.0 Å². The van der Waals surface area contributed by atoms with E-state index in [-0.39, 0.29) is 44.7 Å². The zero-order chi connectivity index (χ0) is 18.1. The van der Waals surface area contributed by atoms with Gasteiger partial charge < -0.3 is 4.90 Å². The van der Waals surface area contributed by atoms with E-state index in [4.69, 9.17) is 0 Å². The number of hydrogen-bond donors (Lipinski definition) is 0. The van der Waals surface area contributed by atoms with Gasteiger partial charge in [-0.1, -0.05) is 13.8 Å². The summed E-state index contributed by atoms with van der Waals surface area (Å²) in [7, 11) is -3.72. The van der Waals surface area contributed by atoms with Crippen molar-refractivity contribution in [2.45, 2.75) is 51.0 Å². The summed E-state index contributed by atoms with van der Waals surface area (Å²) in [5.41, 5.74) is 0. The molecule has 1 saturated carbocycles. The third kappa shape index (κ3) is 4.41. The summed E-state index contributed by atoms with van der Waals surface area (Å²) in [6.45, 7) is 4.91. The van der Waals surface area contributed by atoms with Crippen LogP contribution in [0.1, 0.15) is 39.5 Å². The molecule has 140 valence electrons. The van der Waals surface area contributed by atoms with Gasteiger partial charge in [0, 0.05) is 19.6 Å². The Morgan fingerprint density at radius 1 is 1.12 bits per heavy atom. The predicted octanol–water partition coefficient (Wildman–Crippen LogP) is 2.24. The number of carbonyl (C=O) groups excluding carboxylic acids is 1. The van der Waals surface area contributed by atoms with Gasteiger partial charge in [0.15, 0.2) is 0 Å². The van der Waals surface area contributed by atoms with Crippen LogP contribution in [0.4, 0.5) is 13.2 Å². The minimum atomic E-state index is -4.26. The number of hydrogen-bond acceptors (Lipinski definition) is 3. The van der Waals surface area contributed by atoms with Crippen LogP contribution in [-0.4, -0.2) is 61.1 Å². The molecule has 1 heterocycles. The standard InChI is InChI=1S/C15H25F3N2O3S/c1-11(2)9-19-7-8-20(10-14(19)21)24(22,23)13-5-3-12(4-6-13)15(16,17)18/h11-13H,3-10H2,1-2H3. The van der Waals surface area contributed by atoms with E-state index >= 15 is 0 Å². The van der Waals surface area contributed by atoms with Crippen molar-refractivity contribution in [3.05, 3.63) is 0 Å². The van der Waals surface area contributed by atoms with E-state index in [0.717, 1.165) is 4.31 Å². The number of piperazine rings is 1. The van der Waals surface area contributed by atoms with Gasteiger partial charge in [0.2, 0.25) is 15.9 Å². The predicted molar refractivity (Wildman–Crippen MR) is 83.7 cm³/mol. The van der Waals surface area contributed by atoms with E-state index in [1.165, 1.54) is 0 Å². The molecule has 2 fully saturated rings. The highest BCUT2D eigenvalue weighted by molar-refractivity contribution is 7.89. The number of nitrogens with zero attached hydrogens (tertiary/aromatic N) is 2. The Morgan fingerprint density at radius 3 is 2.17 bits per heavy atom. The molecule has 0 aromatic rings. The summed E-state index contributed by atoms with van der Waals surface area (Å²) in [6.07, 6.45) is -4.56. The van der Waals surface area contributed by atoms with Gasteiger partial charge in [-0.15, -0.1) is 0 Å². The number of rotatable bonds is 4. The zero-order valence-corrected chi connectivity index (χ0v) is 14.9. The third-order valence-electron chi connectivity index (χ3n) is 4.79. The van der Waals surface area contributed by atoms with Crippen LogP contribution >= 0.6 is 0 Å². The fourth-order valence-electron chi connectivity index (χ4n) is 3.44. The van der Waals surface area contributed by atoms with Crippen LogP contribution in [-0.2, 0) is 14.8 Å². The van der Waals surface area contributed by atoms with E-state index < -0.39 is 27.4 Å². The molecule has 0 aromatic carbocycles. The molecule has 2 rings (SSSR count). The second-order valence-corrected chi connectivity index (χ2v) is 9.34. The number of sulfonamides is 1. The molecule has 0 bridgehead atoms. The summed E-state index contributed by atoms with van der Waals surface area (Å²) < 4.78 is 64.6. The van der Waals surface area contributed by atoms with Crippen molar-refractivity contribution >= 4 is 15.9 Å². The molecule has 9 heteroatoms. The van der Waals surface area contributed by atoms with Gasteiger partial charge in [-0.05, 0) is 31.6 Å². The molecular formula is C15H25F3N2O3S. The minimum absolute atomic E-state index is 0.00685. The van der Waals surface area contributed by atoms with Crippen molar-refractivity contribution in [3.8, 4) is 0 Å². The lowest BCUT2D eigenvalue weighted by molar-refractivity contribution is -0.181. The molecule has 1 aliphatic carbocycles. The lowest BCUT2D eigenvalue weighted by atomic mass is 9.88. The van der Waals surface area contributed by atoms with E-state index in [2.05, 4.69) is 0 Å². The number of carbonyl (C=O) groups is 1. The minimum Gasteiger partial charge on any atom is -0.340 e. The highest BCUT2D eigenvalue weighted by atomic mass is 32.2. The maximum atomic E-state index is 12.7. The lowest BCUT2D eigenvalue weighted by Gasteiger charge is -2.37. The first-order valence-electron chi connectivity index (χ1n) is 8.35. The quantitative estimate of drug-likeness (QED) is 0.763. The van der Waals surface area contributed by atoms with Crippen LogP contribution in [0.15, 0.2) is 0 Å². The van der Waals surface area contributed by atoms with Gasteiger partial charge in [0.05, 0.1) is 17.7 Å². The first-order valence-corrected chi connectivity index (χ1v) is 9.85. The van der Waals surface area contributed by atoms with Crippen LogP contribution in [0, 0.1) is 11.8 Å². The van der Waals surface area contributed by atoms with Crippen molar-refractivity contribution in [2.24, 2.45) is 11.8 Å². The highest BCUT2D eigenvalue weighted by Crippen LogP contribution is 2.39. The van der Waals surface area contributed by atoms with Crippen LogP contribution < -0.4 is 0 Å². The Hall–Kier alpha value is -0.830. The van der Waals surface area contributed by atoms with Crippen molar-refractivity contribution in [1.29, 1.82) is 0 Å². The summed E-state index contributed by atoms with van der Waals surface area (Å²) >= 11 is 0. The van der Waals surface area contributed by atoms with Crippen molar-refractivity contribution < 1.29 is 26.4 Å². The second-order valence-electron chi connectivity index (χ2n) is 7.13. The molecule has 0 spiro atoms. The average molecular weight is 370 g/mol. The van der Waals surface area contributed by atoms with Gasteiger partial charge >= 0.3 is 6.18 Å². The Kier molecular flexibility index (Phi) is 5.84. The van der Waals surface area contributed by atoms with Crippen molar-refractivity contribution in [2.75, 3.05) is 26.2 Å². The molecule has 5 nitrogen and oxygen atoms in total. The van der Waals surface area contributed by atoms with Crippen LogP contribution in [0.2, 0.25) is 0 Å². The summed E-state index contributed by atoms with van der Waals surface area (Å²) in [6, 6.07) is 0. The number of amides is 1. The maximum absolute atomic E-state index is 12.7. The largest absolute Gasteiger partial charge is 0.391 e. The molecule has 1 saturated heterocycles. The molecule has 1 aliphatic heterocycles. The number of halogens is 3. The van der Waals surface area contributed by atoms with Gasteiger partial charge in [-0.25, -0.2) is 8.42 Å². The lowest BCUT2D eigenvalue weighted by Crippen LogP contribution is -2.55. The fraction of sp³-hybridized carbons (Fsp3) is 0.933. The topological polar surface area (TPSA) is 57.7 Å². The van der Waals surface area contributed by atoms with Crippen molar-refractivity contribution in [3.63, 3.8) is 0 Å². The molecule has 0 aromatic heterocycles. The first-order chi connectivity index (χ1) is 11.0. The van der Waals surface area contributed by atoms with E-state index in [9.17, 15) is 26.4 Å². The summed E-state index contributed by atoms with van der Waals surface area (Å²) in [5.74, 6) is -1.34. The highest BCUT2D eigenvalue weighted by Gasteiger charge is 2.45. The summed E-state index contributed by atoms with van der Waals surface area (Å²) in [5, 5.41) is -0.805. The molecule has 0 unspecified atom stereocenters. The van der Waals surface area contributed by atoms with Crippen LogP contribution in [0.5, 0.6) is 0 Å². The molecule has 2 aliphatic rings. The van der Waals surface area contributed by atoms with Crippen LogP contribution in [0.25, 0.3) is 0 Å². The van der Waals surface area contributed by atoms with Gasteiger partial charge in [-0.2, -0.15) is 17.5 Å². The Bertz CT molecular complexity index is 555. The monoisotopic (exact) mass is 370 g/mol. The molecule has 1 amide bonds. The number of alkyl halides is 3. The maximum Gasteiger partial charge on any atom is 0.391 e.